The quantitative estimate of drug-likeness (QED) is 0.719. The van der Waals surface area contributed by atoms with Crippen molar-refractivity contribution in [2.45, 2.75) is 32.8 Å². The van der Waals surface area contributed by atoms with Gasteiger partial charge in [-0.2, -0.15) is 15.0 Å². The highest BCUT2D eigenvalue weighted by Gasteiger charge is 2.17. The van der Waals surface area contributed by atoms with Gasteiger partial charge in [0.2, 0.25) is 17.2 Å². The lowest BCUT2D eigenvalue weighted by Gasteiger charge is -2.21. The molecule has 0 fully saturated rings. The summed E-state index contributed by atoms with van der Waals surface area (Å²) in [6.07, 6.45) is 0.638. The number of anilines is 2. The summed E-state index contributed by atoms with van der Waals surface area (Å²) in [6.45, 7) is 6.65. The molecule has 0 radical (unpaired) electrons. The zero-order valence-corrected chi connectivity index (χ0v) is 11.0. The predicted octanol–water partition coefficient (Wildman–Crippen LogP) is 1.53. The molecule has 1 atom stereocenters. The van der Waals surface area contributed by atoms with Gasteiger partial charge < -0.3 is 15.7 Å². The number of nitrogens with zero attached hydrogens (tertiary/aromatic N) is 3. The summed E-state index contributed by atoms with van der Waals surface area (Å²) in [5.41, 5.74) is -0.794. The van der Waals surface area contributed by atoms with E-state index in [4.69, 9.17) is 11.6 Å². The van der Waals surface area contributed by atoms with Crippen molar-refractivity contribution in [1.82, 2.24) is 15.0 Å². The lowest BCUT2D eigenvalue weighted by molar-refractivity contribution is 0.0695. The molecule has 0 spiro atoms. The topological polar surface area (TPSA) is 83.0 Å². The third kappa shape index (κ3) is 4.70. The van der Waals surface area contributed by atoms with Crippen molar-refractivity contribution < 1.29 is 5.11 Å². The fraction of sp³-hybridized carbons (Fsp3) is 0.700. The van der Waals surface area contributed by atoms with Gasteiger partial charge in [-0.1, -0.05) is 6.92 Å². The number of aromatic nitrogens is 3. The molecule has 1 heterocycles. The lowest BCUT2D eigenvalue weighted by atomic mass is 10.0. The van der Waals surface area contributed by atoms with Crippen LogP contribution in [0.5, 0.6) is 0 Å². The minimum atomic E-state index is -0.794. The van der Waals surface area contributed by atoms with Crippen LogP contribution >= 0.6 is 11.6 Å². The molecule has 0 saturated heterocycles. The summed E-state index contributed by atoms with van der Waals surface area (Å²) in [5, 5.41) is 15.9. The Morgan fingerprint density at radius 1 is 1.18 bits per heavy atom. The summed E-state index contributed by atoms with van der Waals surface area (Å²) >= 11 is 5.76. The van der Waals surface area contributed by atoms with Gasteiger partial charge in [0.1, 0.15) is 0 Å². The first-order chi connectivity index (χ1) is 7.96. The Labute approximate surface area is 106 Å². The van der Waals surface area contributed by atoms with Crippen LogP contribution in [-0.2, 0) is 0 Å². The maximum Gasteiger partial charge on any atom is 0.228 e. The van der Waals surface area contributed by atoms with Gasteiger partial charge in [-0.05, 0) is 31.9 Å². The van der Waals surface area contributed by atoms with E-state index in [0.29, 0.717) is 31.4 Å². The monoisotopic (exact) mass is 259 g/mol. The summed E-state index contributed by atoms with van der Waals surface area (Å²) in [5.74, 6) is 0.779. The number of halogens is 1. The van der Waals surface area contributed by atoms with E-state index >= 15 is 0 Å². The fourth-order valence-corrected chi connectivity index (χ4v) is 1.22. The summed E-state index contributed by atoms with van der Waals surface area (Å²) in [7, 11) is 0. The molecule has 1 rings (SSSR count). The largest absolute Gasteiger partial charge is 0.388 e. The molecule has 0 saturated carbocycles. The van der Waals surface area contributed by atoms with Gasteiger partial charge in [0.15, 0.2) is 0 Å². The van der Waals surface area contributed by atoms with E-state index in [-0.39, 0.29) is 5.28 Å². The van der Waals surface area contributed by atoms with E-state index in [9.17, 15) is 5.11 Å². The second-order valence-electron chi connectivity index (χ2n) is 3.99. The highest BCUT2D eigenvalue weighted by atomic mass is 35.5. The summed E-state index contributed by atoms with van der Waals surface area (Å²) in [4.78, 5) is 12.0. The van der Waals surface area contributed by atoms with Crippen LogP contribution < -0.4 is 10.6 Å². The van der Waals surface area contributed by atoms with Crippen LogP contribution in [0.2, 0.25) is 5.28 Å². The second kappa shape index (κ2) is 5.97. The molecule has 1 unspecified atom stereocenters. The molecule has 17 heavy (non-hydrogen) atoms. The van der Waals surface area contributed by atoms with Crippen LogP contribution in [0.4, 0.5) is 11.9 Å². The van der Waals surface area contributed by atoms with E-state index in [0.717, 1.165) is 0 Å². The normalized spacial score (nSPS) is 14.2. The molecule has 0 aliphatic carbocycles. The number of rotatable bonds is 6. The molecule has 7 heteroatoms. The molecule has 0 aromatic carbocycles. The molecule has 3 N–H and O–H groups in total. The van der Waals surface area contributed by atoms with Gasteiger partial charge in [0.05, 0.1) is 5.60 Å². The molecular formula is C10H18ClN5O. The third-order valence-electron chi connectivity index (χ3n) is 2.33. The number of aliphatic hydroxyl groups is 1. The zero-order chi connectivity index (χ0) is 12.9. The molecular weight excluding hydrogens is 242 g/mol. The third-order valence-corrected chi connectivity index (χ3v) is 2.50. The van der Waals surface area contributed by atoms with E-state index in [1.807, 2.05) is 13.8 Å². The van der Waals surface area contributed by atoms with E-state index in [1.165, 1.54) is 0 Å². The number of nitrogens with one attached hydrogen (secondary N) is 2. The zero-order valence-electron chi connectivity index (χ0n) is 10.3. The smallest absolute Gasteiger partial charge is 0.228 e. The van der Waals surface area contributed by atoms with E-state index in [1.54, 1.807) is 6.92 Å². The minimum absolute atomic E-state index is 0.120. The van der Waals surface area contributed by atoms with Crippen LogP contribution in [-0.4, -0.2) is 38.7 Å². The van der Waals surface area contributed by atoms with E-state index in [2.05, 4.69) is 25.6 Å². The van der Waals surface area contributed by atoms with Gasteiger partial charge in [0.25, 0.3) is 0 Å². The predicted molar refractivity (Wildman–Crippen MR) is 68.4 cm³/mol. The van der Waals surface area contributed by atoms with E-state index < -0.39 is 5.60 Å². The Hall–Kier alpha value is -1.14. The highest BCUT2D eigenvalue weighted by Crippen LogP contribution is 2.12. The fourth-order valence-electron chi connectivity index (χ4n) is 1.06. The molecule has 0 amide bonds. The average Bonchev–Trinajstić information content (AvgIpc) is 2.26. The first-order valence-electron chi connectivity index (χ1n) is 5.58. The van der Waals surface area contributed by atoms with Crippen LogP contribution in [0.1, 0.15) is 27.2 Å². The van der Waals surface area contributed by atoms with Crippen LogP contribution in [0.25, 0.3) is 0 Å². The lowest BCUT2D eigenvalue weighted by Crippen LogP contribution is -2.33. The number of hydrogen-bond acceptors (Lipinski definition) is 6. The molecule has 1 aromatic rings. The van der Waals surface area contributed by atoms with Crippen LogP contribution in [0.15, 0.2) is 0 Å². The maximum absolute atomic E-state index is 9.84. The highest BCUT2D eigenvalue weighted by molar-refractivity contribution is 6.28. The van der Waals surface area contributed by atoms with Crippen molar-refractivity contribution in [2.24, 2.45) is 0 Å². The van der Waals surface area contributed by atoms with Crippen molar-refractivity contribution in [2.75, 3.05) is 23.7 Å². The number of hydrogen-bond donors (Lipinski definition) is 3. The second-order valence-corrected chi connectivity index (χ2v) is 4.32. The van der Waals surface area contributed by atoms with Crippen molar-refractivity contribution in [3.05, 3.63) is 5.28 Å². The molecule has 96 valence electrons. The van der Waals surface area contributed by atoms with Gasteiger partial charge in [-0.3, -0.25) is 0 Å². The SMILES string of the molecule is CCNc1nc(Cl)nc(NCC(C)(O)CC)n1. The Kier molecular flexibility index (Phi) is 4.89. The van der Waals surface area contributed by atoms with Crippen LogP contribution in [0, 0.1) is 0 Å². The Morgan fingerprint density at radius 2 is 1.76 bits per heavy atom. The van der Waals surface area contributed by atoms with Crippen molar-refractivity contribution >= 4 is 23.5 Å². The van der Waals surface area contributed by atoms with Crippen molar-refractivity contribution in [3.8, 4) is 0 Å². The summed E-state index contributed by atoms with van der Waals surface area (Å²) < 4.78 is 0. The Bertz CT molecular complexity index is 372. The summed E-state index contributed by atoms with van der Waals surface area (Å²) in [6, 6.07) is 0. The molecule has 1 aromatic heterocycles. The van der Waals surface area contributed by atoms with Crippen molar-refractivity contribution in [1.29, 1.82) is 0 Å². The Morgan fingerprint density at radius 3 is 2.29 bits per heavy atom. The van der Waals surface area contributed by atoms with Gasteiger partial charge >= 0.3 is 0 Å². The molecule has 0 aliphatic heterocycles. The van der Waals surface area contributed by atoms with Gasteiger partial charge in [-0.25, -0.2) is 0 Å². The first-order valence-corrected chi connectivity index (χ1v) is 5.96. The maximum atomic E-state index is 9.84. The van der Waals surface area contributed by atoms with Crippen molar-refractivity contribution in [3.63, 3.8) is 0 Å². The molecule has 0 bridgehead atoms. The van der Waals surface area contributed by atoms with Gasteiger partial charge in [-0.15, -0.1) is 0 Å². The minimum Gasteiger partial charge on any atom is -0.388 e. The molecule has 6 nitrogen and oxygen atoms in total. The van der Waals surface area contributed by atoms with Gasteiger partial charge in [0, 0.05) is 13.1 Å². The molecule has 0 aliphatic rings. The standard InChI is InChI=1S/C10H18ClN5O/c1-4-10(3,17)6-13-9-15-7(11)14-8(16-9)12-5-2/h17H,4-6H2,1-3H3,(H2,12,13,14,15,16). The first kappa shape index (κ1) is 13.9. The van der Waals surface area contributed by atoms with Crippen LogP contribution in [0.3, 0.4) is 0 Å². The average molecular weight is 260 g/mol. The Balaban J connectivity index is 2.70.